The van der Waals surface area contributed by atoms with Gasteiger partial charge in [0.15, 0.2) is 0 Å². The van der Waals surface area contributed by atoms with Crippen LogP contribution in [-0.2, 0) is 11.2 Å². The fourth-order valence-electron chi connectivity index (χ4n) is 1.55. The summed E-state index contributed by atoms with van der Waals surface area (Å²) in [6, 6.07) is 6.40. The van der Waals surface area contributed by atoms with Crippen LogP contribution >= 0.6 is 0 Å². The van der Waals surface area contributed by atoms with Gasteiger partial charge in [0.2, 0.25) is 5.91 Å². The van der Waals surface area contributed by atoms with E-state index in [9.17, 15) is 9.59 Å². The van der Waals surface area contributed by atoms with Gasteiger partial charge >= 0.3 is 6.03 Å². The van der Waals surface area contributed by atoms with Crippen molar-refractivity contribution >= 4 is 11.9 Å². The van der Waals surface area contributed by atoms with Crippen LogP contribution in [-0.4, -0.2) is 31.6 Å². The molecule has 19 heavy (non-hydrogen) atoms. The second-order valence-corrected chi connectivity index (χ2v) is 4.13. The number of benzene rings is 1. The highest BCUT2D eigenvalue weighted by Gasteiger charge is 2.12. The molecule has 1 aromatic rings. The van der Waals surface area contributed by atoms with E-state index in [2.05, 4.69) is 5.32 Å². The fraction of sp³-hybridized carbons (Fsp3) is 0.385. The van der Waals surface area contributed by atoms with Crippen molar-refractivity contribution in [1.82, 2.24) is 10.6 Å². The van der Waals surface area contributed by atoms with E-state index >= 15 is 0 Å². The largest absolute Gasteiger partial charge is 0.497 e. The molecule has 0 spiro atoms. The number of amides is 3. The number of rotatable bonds is 6. The third-order valence-corrected chi connectivity index (χ3v) is 2.66. The molecule has 1 atom stereocenters. The second-order valence-electron chi connectivity index (χ2n) is 4.13. The van der Waals surface area contributed by atoms with Gasteiger partial charge in [-0.25, -0.2) is 4.79 Å². The van der Waals surface area contributed by atoms with Gasteiger partial charge in [-0.2, -0.15) is 0 Å². The maximum absolute atomic E-state index is 11.4. The Morgan fingerprint density at radius 3 is 2.47 bits per heavy atom. The van der Waals surface area contributed by atoms with Gasteiger partial charge in [0.05, 0.1) is 13.2 Å². The fourth-order valence-corrected chi connectivity index (χ4v) is 1.55. The lowest BCUT2D eigenvalue weighted by atomic mass is 10.1. The van der Waals surface area contributed by atoms with Gasteiger partial charge in [-0.1, -0.05) is 12.1 Å². The van der Waals surface area contributed by atoms with Gasteiger partial charge < -0.3 is 15.8 Å². The Labute approximate surface area is 112 Å². The summed E-state index contributed by atoms with van der Waals surface area (Å²) in [5.41, 5.74) is 6.00. The molecule has 3 amide bonds. The first kappa shape index (κ1) is 15.0. The average Bonchev–Trinajstić information content (AvgIpc) is 2.38. The lowest BCUT2D eigenvalue weighted by molar-refractivity contribution is -0.121. The highest BCUT2D eigenvalue weighted by Crippen LogP contribution is 2.11. The SMILES string of the molecule is COc1ccc(CCNC(C)C(=O)NC(N)=O)cc1. The van der Waals surface area contributed by atoms with Gasteiger partial charge in [-0.3, -0.25) is 10.1 Å². The Morgan fingerprint density at radius 2 is 1.95 bits per heavy atom. The standard InChI is InChI=1S/C13H19N3O3/c1-9(12(17)16-13(14)18)15-8-7-10-3-5-11(19-2)6-4-10/h3-6,9,15H,7-8H2,1-2H3,(H3,14,16,17,18). The van der Waals surface area contributed by atoms with Gasteiger partial charge in [0, 0.05) is 0 Å². The Hall–Kier alpha value is -2.08. The molecule has 1 rings (SSSR count). The first-order valence-electron chi connectivity index (χ1n) is 5.99. The average molecular weight is 265 g/mol. The maximum atomic E-state index is 11.4. The smallest absolute Gasteiger partial charge is 0.318 e. The number of hydrogen-bond donors (Lipinski definition) is 3. The minimum atomic E-state index is -0.839. The summed E-state index contributed by atoms with van der Waals surface area (Å²) in [7, 11) is 1.62. The molecule has 104 valence electrons. The van der Waals surface area contributed by atoms with Crippen molar-refractivity contribution in [3.05, 3.63) is 29.8 Å². The molecule has 0 aromatic heterocycles. The van der Waals surface area contributed by atoms with Gasteiger partial charge in [-0.05, 0) is 37.6 Å². The van der Waals surface area contributed by atoms with E-state index in [0.29, 0.717) is 6.54 Å². The van der Waals surface area contributed by atoms with E-state index in [4.69, 9.17) is 10.5 Å². The van der Waals surface area contributed by atoms with Crippen molar-refractivity contribution in [2.75, 3.05) is 13.7 Å². The summed E-state index contributed by atoms with van der Waals surface area (Å²) in [4.78, 5) is 21.9. The number of nitrogens with two attached hydrogens (primary N) is 1. The number of carbonyl (C=O) groups excluding carboxylic acids is 2. The summed E-state index contributed by atoms with van der Waals surface area (Å²) < 4.78 is 5.07. The molecule has 1 unspecified atom stereocenters. The van der Waals surface area contributed by atoms with Crippen LogP contribution in [0.4, 0.5) is 4.79 Å². The Morgan fingerprint density at radius 1 is 1.32 bits per heavy atom. The van der Waals surface area contributed by atoms with Crippen molar-refractivity contribution in [3.63, 3.8) is 0 Å². The molecule has 0 aliphatic heterocycles. The molecule has 0 aliphatic carbocycles. The van der Waals surface area contributed by atoms with Crippen molar-refractivity contribution in [1.29, 1.82) is 0 Å². The zero-order valence-electron chi connectivity index (χ0n) is 11.1. The van der Waals surface area contributed by atoms with Gasteiger partial charge in [-0.15, -0.1) is 0 Å². The quantitative estimate of drug-likeness (QED) is 0.694. The third-order valence-electron chi connectivity index (χ3n) is 2.66. The number of primary amides is 1. The number of nitrogens with one attached hydrogen (secondary N) is 2. The molecule has 0 saturated carbocycles. The highest BCUT2D eigenvalue weighted by atomic mass is 16.5. The number of ether oxygens (including phenoxy) is 1. The molecule has 0 saturated heterocycles. The number of imide groups is 1. The van der Waals surface area contributed by atoms with Crippen molar-refractivity contribution in [2.24, 2.45) is 5.73 Å². The first-order chi connectivity index (χ1) is 9.02. The molecule has 6 nitrogen and oxygen atoms in total. The van der Waals surface area contributed by atoms with E-state index in [1.54, 1.807) is 14.0 Å². The predicted octanol–water partition coefficient (Wildman–Crippen LogP) is 0.411. The first-order valence-corrected chi connectivity index (χ1v) is 5.99. The monoisotopic (exact) mass is 265 g/mol. The highest BCUT2D eigenvalue weighted by molar-refractivity contribution is 5.96. The zero-order valence-corrected chi connectivity index (χ0v) is 11.1. The number of urea groups is 1. The molecule has 0 radical (unpaired) electrons. The Kier molecular flexibility index (Phi) is 5.81. The molecular weight excluding hydrogens is 246 g/mol. The minimum absolute atomic E-state index is 0.428. The number of methoxy groups -OCH3 is 1. The van der Waals surface area contributed by atoms with Crippen molar-refractivity contribution < 1.29 is 14.3 Å². The number of hydrogen-bond acceptors (Lipinski definition) is 4. The van der Waals surface area contributed by atoms with E-state index in [-0.39, 0.29) is 0 Å². The summed E-state index contributed by atoms with van der Waals surface area (Å²) in [6.45, 7) is 2.30. The topological polar surface area (TPSA) is 93.4 Å². The van der Waals surface area contributed by atoms with E-state index < -0.39 is 18.0 Å². The molecule has 0 fully saturated rings. The lowest BCUT2D eigenvalue weighted by Gasteiger charge is -2.12. The second kappa shape index (κ2) is 7.38. The van der Waals surface area contributed by atoms with E-state index in [1.807, 2.05) is 29.6 Å². The van der Waals surface area contributed by atoms with Crippen LogP contribution in [0.2, 0.25) is 0 Å². The van der Waals surface area contributed by atoms with E-state index in [1.165, 1.54) is 0 Å². The van der Waals surface area contributed by atoms with Crippen LogP contribution in [0.1, 0.15) is 12.5 Å². The van der Waals surface area contributed by atoms with Crippen molar-refractivity contribution in [2.45, 2.75) is 19.4 Å². The molecular formula is C13H19N3O3. The normalized spacial score (nSPS) is 11.7. The van der Waals surface area contributed by atoms with Crippen LogP contribution in [0.3, 0.4) is 0 Å². The van der Waals surface area contributed by atoms with Crippen LogP contribution in [0.15, 0.2) is 24.3 Å². The predicted molar refractivity (Wildman–Crippen MR) is 71.9 cm³/mol. The molecule has 0 aliphatic rings. The zero-order chi connectivity index (χ0) is 14.3. The third kappa shape index (κ3) is 5.39. The molecule has 6 heteroatoms. The number of carbonyl (C=O) groups is 2. The van der Waals surface area contributed by atoms with E-state index in [0.717, 1.165) is 17.7 Å². The maximum Gasteiger partial charge on any atom is 0.318 e. The summed E-state index contributed by atoms with van der Waals surface area (Å²) in [6.07, 6.45) is 0.776. The van der Waals surface area contributed by atoms with Gasteiger partial charge in [0.25, 0.3) is 0 Å². The summed E-state index contributed by atoms with van der Waals surface area (Å²) in [5, 5.41) is 5.04. The van der Waals surface area contributed by atoms with Crippen LogP contribution in [0.5, 0.6) is 5.75 Å². The van der Waals surface area contributed by atoms with Crippen molar-refractivity contribution in [3.8, 4) is 5.75 Å². The Bertz CT molecular complexity index is 431. The van der Waals surface area contributed by atoms with Crippen LogP contribution in [0, 0.1) is 0 Å². The summed E-state index contributed by atoms with van der Waals surface area (Å²) in [5.74, 6) is 0.383. The Balaban J connectivity index is 2.32. The van der Waals surface area contributed by atoms with Crippen LogP contribution < -0.4 is 21.1 Å². The molecule has 0 heterocycles. The minimum Gasteiger partial charge on any atom is -0.497 e. The van der Waals surface area contributed by atoms with Gasteiger partial charge in [0.1, 0.15) is 5.75 Å². The molecule has 4 N–H and O–H groups in total. The van der Waals surface area contributed by atoms with Crippen LogP contribution in [0.25, 0.3) is 0 Å². The molecule has 1 aromatic carbocycles. The lowest BCUT2D eigenvalue weighted by Crippen LogP contribution is -2.46. The summed E-state index contributed by atoms with van der Waals surface area (Å²) >= 11 is 0. The molecule has 0 bridgehead atoms.